The summed E-state index contributed by atoms with van der Waals surface area (Å²) in [5.74, 6) is 0. The van der Waals surface area contributed by atoms with Crippen LogP contribution >= 0.6 is 11.6 Å². The van der Waals surface area contributed by atoms with Gasteiger partial charge in [-0.15, -0.1) is 0 Å². The Balaban J connectivity index is 2.40. The van der Waals surface area contributed by atoms with Gasteiger partial charge in [-0.2, -0.15) is 0 Å². The van der Waals surface area contributed by atoms with Gasteiger partial charge >= 0.3 is 0 Å². The number of alkyl halides is 1. The second-order valence-corrected chi connectivity index (χ2v) is 5.90. The Labute approximate surface area is 86.6 Å². The third-order valence-electron chi connectivity index (χ3n) is 2.18. The summed E-state index contributed by atoms with van der Waals surface area (Å²) < 4.78 is 36.0. The van der Waals surface area contributed by atoms with E-state index in [1.165, 1.54) is 12.1 Å². The van der Waals surface area contributed by atoms with Gasteiger partial charge in [0.1, 0.15) is 6.17 Å². The zero-order valence-corrected chi connectivity index (χ0v) is 8.72. The summed E-state index contributed by atoms with van der Waals surface area (Å²) in [6.45, 7) is 0. The molecule has 1 aromatic rings. The van der Waals surface area contributed by atoms with Gasteiger partial charge in [0, 0.05) is 5.02 Å². The summed E-state index contributed by atoms with van der Waals surface area (Å²) >= 11 is 5.65. The third kappa shape index (κ3) is 1.64. The lowest BCUT2D eigenvalue weighted by molar-refractivity contribution is 0.477. The summed E-state index contributed by atoms with van der Waals surface area (Å²) in [5.41, 5.74) is 0. The van der Waals surface area contributed by atoms with Crippen molar-refractivity contribution >= 4 is 21.4 Å². The quantitative estimate of drug-likeness (QED) is 0.787. The number of hydrogen-bond acceptors (Lipinski definition) is 2. The van der Waals surface area contributed by atoms with Crippen LogP contribution in [-0.4, -0.2) is 19.8 Å². The van der Waals surface area contributed by atoms with Crippen LogP contribution in [0.4, 0.5) is 4.39 Å². The molecule has 1 saturated carbocycles. The zero-order valence-electron chi connectivity index (χ0n) is 7.15. The molecule has 14 heavy (non-hydrogen) atoms. The summed E-state index contributed by atoms with van der Waals surface area (Å²) in [4.78, 5) is 0.107. The Morgan fingerprint density at radius 3 is 2.57 bits per heavy atom. The predicted octanol–water partition coefficient (Wildman–Crippen LogP) is 2.22. The SMILES string of the molecule is O=S(=O)(c1cccc(Cl)c1)[C@@H]1C[C@@H]1F. The molecule has 2 atom stereocenters. The molecule has 0 saturated heterocycles. The highest BCUT2D eigenvalue weighted by molar-refractivity contribution is 7.92. The van der Waals surface area contributed by atoms with Crippen LogP contribution in [0, 0.1) is 0 Å². The van der Waals surface area contributed by atoms with Crippen LogP contribution in [0.1, 0.15) is 6.42 Å². The third-order valence-corrected chi connectivity index (χ3v) is 4.61. The van der Waals surface area contributed by atoms with Gasteiger partial charge in [-0.1, -0.05) is 17.7 Å². The van der Waals surface area contributed by atoms with Crippen molar-refractivity contribution in [3.05, 3.63) is 29.3 Å². The van der Waals surface area contributed by atoms with Gasteiger partial charge in [0.25, 0.3) is 0 Å². The highest BCUT2D eigenvalue weighted by atomic mass is 35.5. The zero-order chi connectivity index (χ0) is 10.3. The summed E-state index contributed by atoms with van der Waals surface area (Å²) in [5, 5.41) is -0.511. The normalized spacial score (nSPS) is 26.1. The molecule has 0 heterocycles. The fraction of sp³-hybridized carbons (Fsp3) is 0.333. The van der Waals surface area contributed by atoms with E-state index in [9.17, 15) is 12.8 Å². The molecular weight excluding hydrogens is 227 g/mol. The fourth-order valence-corrected chi connectivity index (χ4v) is 3.27. The number of hydrogen-bond donors (Lipinski definition) is 0. The topological polar surface area (TPSA) is 34.1 Å². The maximum absolute atomic E-state index is 12.6. The molecule has 1 fully saturated rings. The van der Waals surface area contributed by atoms with Gasteiger partial charge in [0.05, 0.1) is 10.1 Å². The highest BCUT2D eigenvalue weighted by Crippen LogP contribution is 2.37. The summed E-state index contributed by atoms with van der Waals surface area (Å²) in [6, 6.07) is 5.92. The van der Waals surface area contributed by atoms with E-state index in [1.807, 2.05) is 0 Å². The van der Waals surface area contributed by atoms with E-state index in [4.69, 9.17) is 11.6 Å². The molecule has 0 aromatic heterocycles. The lowest BCUT2D eigenvalue weighted by Gasteiger charge is -2.01. The molecule has 2 rings (SSSR count). The molecule has 1 aromatic carbocycles. The Morgan fingerprint density at radius 2 is 2.07 bits per heavy atom. The van der Waals surface area contributed by atoms with Crippen molar-refractivity contribution in [2.45, 2.75) is 22.7 Å². The number of rotatable bonds is 2. The molecule has 5 heteroatoms. The van der Waals surface area contributed by atoms with Crippen LogP contribution in [0.25, 0.3) is 0 Å². The maximum atomic E-state index is 12.6. The second-order valence-electron chi connectivity index (χ2n) is 3.29. The minimum absolute atomic E-state index is 0.106. The van der Waals surface area contributed by atoms with Gasteiger partial charge < -0.3 is 0 Å². The van der Waals surface area contributed by atoms with Crippen LogP contribution < -0.4 is 0 Å². The van der Waals surface area contributed by atoms with E-state index < -0.39 is 21.3 Å². The lowest BCUT2D eigenvalue weighted by atomic mass is 10.4. The van der Waals surface area contributed by atoms with Crippen molar-refractivity contribution in [3.63, 3.8) is 0 Å². The van der Waals surface area contributed by atoms with Crippen LogP contribution in [-0.2, 0) is 9.84 Å². The maximum Gasteiger partial charge on any atom is 0.184 e. The van der Waals surface area contributed by atoms with Crippen LogP contribution in [0.15, 0.2) is 29.2 Å². The number of halogens is 2. The van der Waals surface area contributed by atoms with Crippen molar-refractivity contribution in [2.75, 3.05) is 0 Å². The molecule has 0 unspecified atom stereocenters. The Kier molecular flexibility index (Phi) is 2.27. The molecule has 0 radical (unpaired) electrons. The van der Waals surface area contributed by atoms with E-state index >= 15 is 0 Å². The number of benzene rings is 1. The molecule has 0 bridgehead atoms. The van der Waals surface area contributed by atoms with Crippen molar-refractivity contribution in [1.29, 1.82) is 0 Å². The Bertz CT molecular complexity index is 458. The highest BCUT2D eigenvalue weighted by Gasteiger charge is 2.48. The monoisotopic (exact) mass is 234 g/mol. The number of sulfone groups is 1. The van der Waals surface area contributed by atoms with Crippen LogP contribution in [0.3, 0.4) is 0 Å². The lowest BCUT2D eigenvalue weighted by Crippen LogP contribution is -2.09. The Morgan fingerprint density at radius 1 is 1.43 bits per heavy atom. The van der Waals surface area contributed by atoms with E-state index in [-0.39, 0.29) is 11.3 Å². The predicted molar refractivity (Wildman–Crippen MR) is 51.9 cm³/mol. The first kappa shape index (κ1) is 9.93. The van der Waals surface area contributed by atoms with Crippen molar-refractivity contribution in [3.8, 4) is 0 Å². The van der Waals surface area contributed by atoms with E-state index in [2.05, 4.69) is 0 Å². The summed E-state index contributed by atoms with van der Waals surface area (Å²) in [6.07, 6.45) is -1.10. The van der Waals surface area contributed by atoms with Crippen LogP contribution in [0.5, 0.6) is 0 Å². The van der Waals surface area contributed by atoms with Crippen molar-refractivity contribution < 1.29 is 12.8 Å². The fourth-order valence-electron chi connectivity index (χ4n) is 1.28. The first-order valence-electron chi connectivity index (χ1n) is 4.15. The van der Waals surface area contributed by atoms with Gasteiger partial charge in [0.2, 0.25) is 0 Å². The first-order valence-corrected chi connectivity index (χ1v) is 6.08. The minimum Gasteiger partial charge on any atom is -0.246 e. The van der Waals surface area contributed by atoms with Crippen molar-refractivity contribution in [1.82, 2.24) is 0 Å². The van der Waals surface area contributed by atoms with Crippen molar-refractivity contribution in [2.24, 2.45) is 0 Å². The molecule has 1 aliphatic rings. The van der Waals surface area contributed by atoms with Crippen LogP contribution in [0.2, 0.25) is 5.02 Å². The summed E-state index contributed by atoms with van der Waals surface area (Å²) in [7, 11) is -3.50. The second kappa shape index (κ2) is 3.21. The minimum atomic E-state index is -3.50. The standard InChI is InChI=1S/C9H8ClFO2S/c10-6-2-1-3-7(4-6)14(12,13)9-5-8(9)11/h1-4,8-9H,5H2/t8-,9+/m0/s1. The Hall–Kier alpha value is -0.610. The smallest absolute Gasteiger partial charge is 0.184 e. The molecule has 0 N–H and O–H groups in total. The van der Waals surface area contributed by atoms with Gasteiger partial charge in [-0.3, -0.25) is 0 Å². The average molecular weight is 235 g/mol. The average Bonchev–Trinajstić information content (AvgIpc) is 2.83. The molecular formula is C9H8ClFO2S. The van der Waals surface area contributed by atoms with Gasteiger partial charge in [-0.25, -0.2) is 12.8 Å². The van der Waals surface area contributed by atoms with E-state index in [0.717, 1.165) is 0 Å². The molecule has 0 spiro atoms. The molecule has 76 valence electrons. The van der Waals surface area contributed by atoms with Gasteiger partial charge in [-0.05, 0) is 24.6 Å². The van der Waals surface area contributed by atoms with Gasteiger partial charge in [0.15, 0.2) is 9.84 Å². The first-order chi connectivity index (χ1) is 6.51. The van der Waals surface area contributed by atoms with E-state index in [1.54, 1.807) is 12.1 Å². The largest absolute Gasteiger partial charge is 0.246 e. The molecule has 0 aliphatic heterocycles. The molecule has 1 aliphatic carbocycles. The molecule has 2 nitrogen and oxygen atoms in total. The molecule has 0 amide bonds. The van der Waals surface area contributed by atoms with E-state index in [0.29, 0.717) is 5.02 Å².